The van der Waals surface area contributed by atoms with Gasteiger partial charge in [0.25, 0.3) is 0 Å². The molecule has 0 amide bonds. The van der Waals surface area contributed by atoms with Crippen molar-refractivity contribution < 1.29 is 9.94 Å². The molecule has 0 bridgehead atoms. The standard InChI is InChI=1S/C27H45NO2/c1-16(2)7-6-8-17(3)20-11-12-21-19-10-9-18-15-23(28-29)24-25(30-24)27(18,5)22(19)13-14-26(20,21)4/h16-22,24-25,29H,6-15H2,1-5H3/b28-23+/t17-,18-,19-,20+,21-,22-,24-,25-,26+,27-/m0/s1. The van der Waals surface area contributed by atoms with Gasteiger partial charge in [0.15, 0.2) is 0 Å². The van der Waals surface area contributed by atoms with E-state index in [2.05, 4.69) is 39.8 Å². The van der Waals surface area contributed by atoms with Crippen molar-refractivity contribution in [1.29, 1.82) is 0 Å². The maximum atomic E-state index is 9.43. The Morgan fingerprint density at radius 3 is 2.57 bits per heavy atom. The van der Waals surface area contributed by atoms with Gasteiger partial charge in [-0.1, -0.05) is 59.0 Å². The summed E-state index contributed by atoms with van der Waals surface area (Å²) in [5, 5.41) is 13.0. The van der Waals surface area contributed by atoms with Gasteiger partial charge in [-0.15, -0.1) is 0 Å². The minimum atomic E-state index is 0.126. The topological polar surface area (TPSA) is 45.1 Å². The van der Waals surface area contributed by atoms with Gasteiger partial charge in [-0.3, -0.25) is 0 Å². The zero-order valence-corrected chi connectivity index (χ0v) is 20.1. The molecule has 0 aromatic carbocycles. The molecule has 5 fully saturated rings. The summed E-state index contributed by atoms with van der Waals surface area (Å²) < 4.78 is 6.17. The lowest BCUT2D eigenvalue weighted by atomic mass is 9.44. The maximum Gasteiger partial charge on any atom is 0.126 e. The van der Waals surface area contributed by atoms with E-state index in [-0.39, 0.29) is 6.10 Å². The Kier molecular flexibility index (Phi) is 5.32. The molecule has 170 valence electrons. The Labute approximate surface area is 184 Å². The van der Waals surface area contributed by atoms with Crippen molar-refractivity contribution in [3.05, 3.63) is 0 Å². The first-order valence-electron chi connectivity index (χ1n) is 13.2. The summed E-state index contributed by atoms with van der Waals surface area (Å²) >= 11 is 0. The number of ether oxygens (including phenoxy) is 1. The average molecular weight is 416 g/mol. The highest BCUT2D eigenvalue weighted by molar-refractivity contribution is 5.92. The number of hydrogen-bond acceptors (Lipinski definition) is 3. The summed E-state index contributed by atoms with van der Waals surface area (Å²) in [6.07, 6.45) is 14.1. The lowest BCUT2D eigenvalue weighted by molar-refractivity contribution is -0.109. The molecule has 0 aromatic heterocycles. The second-order valence-corrected chi connectivity index (χ2v) is 12.8. The third kappa shape index (κ3) is 3.04. The fourth-order valence-electron chi connectivity index (χ4n) is 9.56. The van der Waals surface area contributed by atoms with Crippen LogP contribution >= 0.6 is 0 Å². The largest absolute Gasteiger partial charge is 0.411 e. The zero-order valence-electron chi connectivity index (χ0n) is 20.1. The molecule has 1 saturated heterocycles. The van der Waals surface area contributed by atoms with E-state index in [1.807, 2.05) is 0 Å². The molecule has 5 rings (SSSR count). The van der Waals surface area contributed by atoms with Crippen LogP contribution in [0.15, 0.2) is 5.16 Å². The van der Waals surface area contributed by atoms with Crippen LogP contribution in [0.2, 0.25) is 0 Å². The fraction of sp³-hybridized carbons (Fsp3) is 0.963. The Morgan fingerprint density at radius 1 is 1.03 bits per heavy atom. The number of fused-ring (bicyclic) bond motifs is 7. The van der Waals surface area contributed by atoms with E-state index >= 15 is 0 Å². The van der Waals surface area contributed by atoms with Crippen LogP contribution in [0.5, 0.6) is 0 Å². The normalized spacial score (nSPS) is 51.8. The Bertz CT molecular complexity index is 688. The average Bonchev–Trinajstić information content (AvgIpc) is 3.43. The van der Waals surface area contributed by atoms with Crippen molar-refractivity contribution in [3.8, 4) is 0 Å². The summed E-state index contributed by atoms with van der Waals surface area (Å²) in [6.45, 7) is 12.5. The van der Waals surface area contributed by atoms with E-state index in [9.17, 15) is 5.21 Å². The van der Waals surface area contributed by atoms with E-state index < -0.39 is 0 Å². The third-order valence-corrected chi connectivity index (χ3v) is 11.2. The third-order valence-electron chi connectivity index (χ3n) is 11.2. The minimum absolute atomic E-state index is 0.126. The van der Waals surface area contributed by atoms with Crippen LogP contribution in [0.3, 0.4) is 0 Å². The molecule has 4 aliphatic carbocycles. The number of epoxide rings is 1. The molecule has 4 saturated carbocycles. The first-order valence-corrected chi connectivity index (χ1v) is 13.2. The van der Waals surface area contributed by atoms with Gasteiger partial charge >= 0.3 is 0 Å². The molecule has 10 atom stereocenters. The second kappa shape index (κ2) is 7.49. The summed E-state index contributed by atoms with van der Waals surface area (Å²) in [7, 11) is 0. The molecule has 3 heteroatoms. The zero-order chi connectivity index (χ0) is 21.3. The van der Waals surface area contributed by atoms with Crippen molar-refractivity contribution in [2.75, 3.05) is 0 Å². The van der Waals surface area contributed by atoms with Crippen LogP contribution in [0, 0.1) is 52.3 Å². The van der Waals surface area contributed by atoms with Gasteiger partial charge in [0, 0.05) is 5.41 Å². The highest BCUT2D eigenvalue weighted by Crippen LogP contribution is 2.70. The van der Waals surface area contributed by atoms with Crippen molar-refractivity contribution >= 4 is 5.71 Å². The Hall–Kier alpha value is -0.570. The smallest absolute Gasteiger partial charge is 0.126 e. The molecule has 5 aliphatic rings. The number of hydrogen-bond donors (Lipinski definition) is 1. The Balaban J connectivity index is 1.32. The predicted molar refractivity (Wildman–Crippen MR) is 122 cm³/mol. The summed E-state index contributed by atoms with van der Waals surface area (Å²) in [5.74, 6) is 5.97. The summed E-state index contributed by atoms with van der Waals surface area (Å²) in [5.41, 5.74) is 1.81. The summed E-state index contributed by atoms with van der Waals surface area (Å²) in [4.78, 5) is 0. The highest BCUT2D eigenvalue weighted by atomic mass is 16.6. The van der Waals surface area contributed by atoms with E-state index in [1.165, 1.54) is 57.8 Å². The maximum absolute atomic E-state index is 9.43. The van der Waals surface area contributed by atoms with Gasteiger partial charge in [-0.05, 0) is 91.8 Å². The van der Waals surface area contributed by atoms with Crippen LogP contribution in [-0.2, 0) is 4.74 Å². The van der Waals surface area contributed by atoms with Gasteiger partial charge in [0.2, 0.25) is 0 Å². The molecule has 1 N–H and O–H groups in total. The molecule has 0 unspecified atom stereocenters. The number of rotatable bonds is 5. The van der Waals surface area contributed by atoms with Crippen molar-refractivity contribution in [2.24, 2.45) is 57.4 Å². The lowest BCUT2D eigenvalue weighted by Crippen LogP contribution is -2.56. The van der Waals surface area contributed by atoms with Gasteiger partial charge in [0.05, 0.1) is 11.8 Å². The van der Waals surface area contributed by atoms with Gasteiger partial charge < -0.3 is 9.94 Å². The van der Waals surface area contributed by atoms with Gasteiger partial charge in [-0.25, -0.2) is 0 Å². The van der Waals surface area contributed by atoms with Crippen molar-refractivity contribution in [1.82, 2.24) is 0 Å². The van der Waals surface area contributed by atoms with Gasteiger partial charge in [0.1, 0.15) is 6.10 Å². The molecule has 0 radical (unpaired) electrons. The van der Waals surface area contributed by atoms with Crippen LogP contribution in [0.4, 0.5) is 0 Å². The molecule has 0 spiro atoms. The second-order valence-electron chi connectivity index (χ2n) is 12.8. The minimum Gasteiger partial charge on any atom is -0.411 e. The molecular formula is C27H45NO2. The molecule has 30 heavy (non-hydrogen) atoms. The SMILES string of the molecule is CC(C)CCC[C@H](C)[C@H]1CC[C@H]2[C@@H]3CC[C@H]4C/C(=N\O)[C@@H]5O[C@@H]5[C@]4(C)[C@H]3CC[C@]12C. The predicted octanol–water partition coefficient (Wildman–Crippen LogP) is 6.93. The first kappa shape index (κ1) is 21.3. The van der Waals surface area contributed by atoms with Crippen LogP contribution in [0.25, 0.3) is 0 Å². The summed E-state index contributed by atoms with van der Waals surface area (Å²) in [6, 6.07) is 0. The lowest BCUT2D eigenvalue weighted by Gasteiger charge is -2.60. The van der Waals surface area contributed by atoms with E-state index in [1.54, 1.807) is 0 Å². The number of nitrogens with zero attached hydrogens (tertiary/aromatic N) is 1. The van der Waals surface area contributed by atoms with E-state index in [0.717, 1.165) is 47.6 Å². The molecular weight excluding hydrogens is 370 g/mol. The monoisotopic (exact) mass is 415 g/mol. The molecule has 0 aromatic rings. The highest BCUT2D eigenvalue weighted by Gasteiger charge is 2.69. The van der Waals surface area contributed by atoms with Crippen molar-refractivity contribution in [2.45, 2.75) is 111 Å². The Morgan fingerprint density at radius 2 is 1.83 bits per heavy atom. The molecule has 3 nitrogen and oxygen atoms in total. The molecule has 1 aliphatic heterocycles. The quantitative estimate of drug-likeness (QED) is 0.301. The first-order chi connectivity index (χ1) is 14.3. The van der Waals surface area contributed by atoms with Gasteiger partial charge in [-0.2, -0.15) is 0 Å². The van der Waals surface area contributed by atoms with Crippen LogP contribution < -0.4 is 0 Å². The number of oxime groups is 1. The molecule has 1 heterocycles. The van der Waals surface area contributed by atoms with E-state index in [0.29, 0.717) is 22.9 Å². The fourth-order valence-corrected chi connectivity index (χ4v) is 9.56. The van der Waals surface area contributed by atoms with Crippen molar-refractivity contribution in [3.63, 3.8) is 0 Å². The van der Waals surface area contributed by atoms with Crippen LogP contribution in [-0.4, -0.2) is 23.1 Å². The van der Waals surface area contributed by atoms with E-state index in [4.69, 9.17) is 4.74 Å². The van der Waals surface area contributed by atoms with Crippen LogP contribution in [0.1, 0.15) is 98.8 Å².